The molecule has 0 radical (unpaired) electrons. The van der Waals surface area contributed by atoms with E-state index in [1.807, 2.05) is 0 Å². The normalized spacial score (nSPS) is 14.7. The van der Waals surface area contributed by atoms with Gasteiger partial charge in [0.1, 0.15) is 6.61 Å². The van der Waals surface area contributed by atoms with Crippen molar-refractivity contribution in [1.29, 1.82) is 0 Å². The van der Waals surface area contributed by atoms with Gasteiger partial charge < -0.3 is 9.47 Å². The molecule has 10 heteroatoms. The Labute approximate surface area is 223 Å². The number of amides is 2. The molecule has 1 aliphatic rings. The number of imide groups is 1. The van der Waals surface area contributed by atoms with E-state index in [0.29, 0.717) is 42.3 Å². The molecule has 0 N–H and O–H groups in total. The van der Waals surface area contributed by atoms with Crippen LogP contribution in [0.5, 0.6) is 11.5 Å². The Morgan fingerprint density at radius 1 is 1.03 bits per heavy atom. The largest absolute Gasteiger partial charge is 0.493 e. The first-order valence-electron chi connectivity index (χ1n) is 9.74. The standard InChI is InChI=1S/C24H15BrCl3NO4S/c1-32-20-8-13(7-18(25)22(20)33-12-14-5-6-16(27)11-19(14)28)9-21-23(30)29(24(31)34-21)17-4-2-3-15(26)10-17/h2-11H,12H2,1H3/b21-9+. The van der Waals surface area contributed by atoms with E-state index in [9.17, 15) is 9.59 Å². The van der Waals surface area contributed by atoms with Gasteiger partial charge in [0.2, 0.25) is 0 Å². The minimum absolute atomic E-state index is 0.197. The first-order valence-corrected chi connectivity index (χ1v) is 12.5. The van der Waals surface area contributed by atoms with Crippen molar-refractivity contribution in [1.82, 2.24) is 0 Å². The van der Waals surface area contributed by atoms with E-state index >= 15 is 0 Å². The summed E-state index contributed by atoms with van der Waals surface area (Å²) in [6.07, 6.45) is 1.63. The topological polar surface area (TPSA) is 55.8 Å². The highest BCUT2D eigenvalue weighted by molar-refractivity contribution is 9.10. The smallest absolute Gasteiger partial charge is 0.298 e. The van der Waals surface area contributed by atoms with Crippen molar-refractivity contribution in [3.05, 3.63) is 90.2 Å². The number of hydrogen-bond acceptors (Lipinski definition) is 5. The van der Waals surface area contributed by atoms with Gasteiger partial charge in [0.05, 0.1) is 22.2 Å². The molecular formula is C24H15BrCl3NO4S. The van der Waals surface area contributed by atoms with Crippen LogP contribution in [0.1, 0.15) is 11.1 Å². The van der Waals surface area contributed by atoms with Crippen LogP contribution in [0.15, 0.2) is 64.0 Å². The van der Waals surface area contributed by atoms with Crippen molar-refractivity contribution in [2.24, 2.45) is 0 Å². The lowest BCUT2D eigenvalue weighted by molar-refractivity contribution is -0.113. The first-order chi connectivity index (χ1) is 16.3. The number of methoxy groups -OCH3 is 1. The minimum Gasteiger partial charge on any atom is -0.493 e. The van der Waals surface area contributed by atoms with E-state index in [1.165, 1.54) is 7.11 Å². The van der Waals surface area contributed by atoms with Crippen molar-refractivity contribution >= 4 is 85.4 Å². The van der Waals surface area contributed by atoms with Crippen LogP contribution < -0.4 is 14.4 Å². The molecule has 5 nitrogen and oxygen atoms in total. The van der Waals surface area contributed by atoms with Gasteiger partial charge in [-0.2, -0.15) is 0 Å². The molecule has 4 rings (SSSR count). The molecule has 0 unspecified atom stereocenters. The number of carbonyl (C=O) groups is 2. The maximum atomic E-state index is 12.9. The van der Waals surface area contributed by atoms with Crippen LogP contribution in [-0.4, -0.2) is 18.3 Å². The Kier molecular flexibility index (Phi) is 7.80. The maximum Gasteiger partial charge on any atom is 0.298 e. The van der Waals surface area contributed by atoms with E-state index in [-0.39, 0.29) is 11.5 Å². The Bertz CT molecular complexity index is 1330. The van der Waals surface area contributed by atoms with Gasteiger partial charge >= 0.3 is 0 Å². The van der Waals surface area contributed by atoms with Gasteiger partial charge in [-0.25, -0.2) is 4.90 Å². The second kappa shape index (κ2) is 10.6. The molecule has 3 aromatic rings. The fourth-order valence-electron chi connectivity index (χ4n) is 3.21. The van der Waals surface area contributed by atoms with Crippen molar-refractivity contribution in [3.63, 3.8) is 0 Å². The number of rotatable bonds is 6. The summed E-state index contributed by atoms with van der Waals surface area (Å²) in [5.41, 5.74) is 1.83. The Morgan fingerprint density at radius 3 is 2.50 bits per heavy atom. The molecule has 2 amide bonds. The number of carbonyl (C=O) groups excluding carboxylic acids is 2. The molecule has 3 aromatic carbocycles. The molecule has 0 bridgehead atoms. The summed E-state index contributed by atoms with van der Waals surface area (Å²) >= 11 is 22.6. The van der Waals surface area contributed by atoms with Crippen molar-refractivity contribution in [2.45, 2.75) is 6.61 Å². The van der Waals surface area contributed by atoms with Crippen LogP contribution in [0.25, 0.3) is 6.08 Å². The van der Waals surface area contributed by atoms with Crippen LogP contribution in [0.2, 0.25) is 15.1 Å². The highest BCUT2D eigenvalue weighted by atomic mass is 79.9. The molecule has 0 saturated carbocycles. The molecule has 1 heterocycles. The Morgan fingerprint density at radius 2 is 1.79 bits per heavy atom. The molecule has 34 heavy (non-hydrogen) atoms. The van der Waals surface area contributed by atoms with E-state index in [2.05, 4.69) is 15.9 Å². The predicted molar refractivity (Wildman–Crippen MR) is 141 cm³/mol. The molecular weight excluding hydrogens is 585 g/mol. The molecule has 1 saturated heterocycles. The van der Waals surface area contributed by atoms with Crippen LogP contribution in [-0.2, 0) is 11.4 Å². The van der Waals surface area contributed by atoms with E-state index in [4.69, 9.17) is 44.3 Å². The minimum atomic E-state index is -0.426. The predicted octanol–water partition coefficient (Wildman–Crippen LogP) is 8.24. The monoisotopic (exact) mass is 597 g/mol. The number of anilines is 1. The van der Waals surface area contributed by atoms with E-state index in [1.54, 1.807) is 60.7 Å². The summed E-state index contributed by atoms with van der Waals surface area (Å²) in [6.45, 7) is 0.197. The second-order valence-electron chi connectivity index (χ2n) is 7.06. The average Bonchev–Trinajstić information content (AvgIpc) is 3.06. The number of ether oxygens (including phenoxy) is 2. The highest BCUT2D eigenvalue weighted by Crippen LogP contribution is 2.41. The highest BCUT2D eigenvalue weighted by Gasteiger charge is 2.36. The van der Waals surface area contributed by atoms with Crippen LogP contribution in [0.3, 0.4) is 0 Å². The Balaban J connectivity index is 1.59. The zero-order chi connectivity index (χ0) is 24.4. The molecule has 0 spiro atoms. The summed E-state index contributed by atoms with van der Waals surface area (Å²) in [6, 6.07) is 15.2. The zero-order valence-corrected chi connectivity index (χ0v) is 22.2. The molecule has 0 aromatic heterocycles. The van der Waals surface area contributed by atoms with E-state index in [0.717, 1.165) is 22.2 Å². The third-order valence-corrected chi connectivity index (χ3v) is 7.08. The number of hydrogen-bond donors (Lipinski definition) is 0. The van der Waals surface area contributed by atoms with Crippen molar-refractivity contribution in [3.8, 4) is 11.5 Å². The van der Waals surface area contributed by atoms with Gasteiger partial charge in [0.25, 0.3) is 11.1 Å². The summed E-state index contributed by atoms with van der Waals surface area (Å²) in [5, 5.41) is 1.07. The number of benzene rings is 3. The lowest BCUT2D eigenvalue weighted by Gasteiger charge is -2.14. The number of thioether (sulfide) groups is 1. The average molecular weight is 600 g/mol. The third-order valence-electron chi connectivity index (χ3n) is 4.80. The fourth-order valence-corrected chi connectivity index (χ4v) is 5.27. The van der Waals surface area contributed by atoms with Gasteiger partial charge in [-0.05, 0) is 81.8 Å². The van der Waals surface area contributed by atoms with Crippen LogP contribution in [0, 0.1) is 0 Å². The Hall–Kier alpha value is -2.16. The summed E-state index contributed by atoms with van der Waals surface area (Å²) < 4.78 is 12.1. The summed E-state index contributed by atoms with van der Waals surface area (Å²) in [4.78, 5) is 26.8. The fraction of sp³-hybridized carbons (Fsp3) is 0.0833. The quantitative estimate of drug-likeness (QED) is 0.267. The summed E-state index contributed by atoms with van der Waals surface area (Å²) in [7, 11) is 1.51. The van der Waals surface area contributed by atoms with Gasteiger partial charge in [-0.15, -0.1) is 0 Å². The lowest BCUT2D eigenvalue weighted by atomic mass is 10.1. The van der Waals surface area contributed by atoms with Crippen molar-refractivity contribution < 1.29 is 19.1 Å². The molecule has 0 atom stereocenters. The van der Waals surface area contributed by atoms with Gasteiger partial charge in [-0.3, -0.25) is 9.59 Å². The molecule has 1 fully saturated rings. The number of halogens is 4. The summed E-state index contributed by atoms with van der Waals surface area (Å²) in [5.74, 6) is 0.488. The molecule has 1 aliphatic heterocycles. The third kappa shape index (κ3) is 5.39. The lowest BCUT2D eigenvalue weighted by Crippen LogP contribution is -2.27. The van der Waals surface area contributed by atoms with Crippen LogP contribution >= 0.6 is 62.5 Å². The first kappa shape index (κ1) is 24.9. The maximum absolute atomic E-state index is 12.9. The second-order valence-corrected chi connectivity index (χ2v) is 10.2. The van der Waals surface area contributed by atoms with Gasteiger partial charge in [-0.1, -0.05) is 46.9 Å². The van der Waals surface area contributed by atoms with Gasteiger partial charge in [0, 0.05) is 20.6 Å². The van der Waals surface area contributed by atoms with Crippen LogP contribution in [0.4, 0.5) is 10.5 Å². The zero-order valence-electron chi connectivity index (χ0n) is 17.5. The number of nitrogens with zero attached hydrogens (tertiary/aromatic N) is 1. The van der Waals surface area contributed by atoms with Gasteiger partial charge in [0.15, 0.2) is 11.5 Å². The molecule has 174 valence electrons. The molecule has 0 aliphatic carbocycles. The van der Waals surface area contributed by atoms with E-state index < -0.39 is 11.1 Å². The van der Waals surface area contributed by atoms with Crippen molar-refractivity contribution in [2.75, 3.05) is 12.0 Å². The SMILES string of the molecule is COc1cc(/C=C2/SC(=O)N(c3cccc(Cl)c3)C2=O)cc(Br)c1OCc1ccc(Cl)cc1Cl.